The summed E-state index contributed by atoms with van der Waals surface area (Å²) in [4.78, 5) is 24.1. The van der Waals surface area contributed by atoms with Crippen LogP contribution in [0.5, 0.6) is 0 Å². The summed E-state index contributed by atoms with van der Waals surface area (Å²) >= 11 is 1.11. The highest BCUT2D eigenvalue weighted by atomic mass is 32.2. The standard InChI is InChI=1S/C17H23N5O2S/c1-4-13(14-8-6-5-7-9-14)10-19-15(23)12(3)25-17-21-20-11(2)16(24)22(17)18/h5-9,12-13H,4,10,18H2,1-3H3,(H,19,23)/t12-,13-/m1/s1. The number of aryl methyl sites for hydroxylation is 1. The molecule has 2 atom stereocenters. The van der Waals surface area contributed by atoms with Gasteiger partial charge in [0.25, 0.3) is 5.56 Å². The molecule has 0 saturated heterocycles. The highest BCUT2D eigenvalue weighted by Gasteiger charge is 2.19. The summed E-state index contributed by atoms with van der Waals surface area (Å²) < 4.78 is 0.926. The van der Waals surface area contributed by atoms with Crippen molar-refractivity contribution in [2.75, 3.05) is 12.4 Å². The minimum atomic E-state index is -0.445. The van der Waals surface area contributed by atoms with Crippen LogP contribution < -0.4 is 16.7 Å². The summed E-state index contributed by atoms with van der Waals surface area (Å²) in [5.74, 6) is 5.83. The van der Waals surface area contributed by atoms with E-state index in [1.807, 2.05) is 18.2 Å². The van der Waals surface area contributed by atoms with Crippen LogP contribution in [0.3, 0.4) is 0 Å². The number of thioether (sulfide) groups is 1. The summed E-state index contributed by atoms with van der Waals surface area (Å²) in [6, 6.07) is 10.1. The van der Waals surface area contributed by atoms with Gasteiger partial charge in [-0.15, -0.1) is 10.2 Å². The van der Waals surface area contributed by atoms with Crippen molar-refractivity contribution in [3.63, 3.8) is 0 Å². The Kier molecular flexibility index (Phi) is 6.58. The zero-order valence-electron chi connectivity index (χ0n) is 14.6. The van der Waals surface area contributed by atoms with Gasteiger partial charge in [0.05, 0.1) is 5.25 Å². The van der Waals surface area contributed by atoms with Gasteiger partial charge in [0.2, 0.25) is 11.1 Å². The number of hydrogen-bond acceptors (Lipinski definition) is 6. The van der Waals surface area contributed by atoms with Crippen LogP contribution in [0.4, 0.5) is 0 Å². The van der Waals surface area contributed by atoms with Gasteiger partial charge in [0.1, 0.15) is 5.69 Å². The summed E-state index contributed by atoms with van der Waals surface area (Å²) in [5.41, 5.74) is 1.00. The fraction of sp³-hybridized carbons (Fsp3) is 0.412. The van der Waals surface area contributed by atoms with Gasteiger partial charge in [-0.05, 0) is 25.8 Å². The van der Waals surface area contributed by atoms with E-state index >= 15 is 0 Å². The van der Waals surface area contributed by atoms with Gasteiger partial charge in [-0.25, -0.2) is 0 Å². The molecule has 3 N–H and O–H groups in total. The van der Waals surface area contributed by atoms with Crippen LogP contribution in [0, 0.1) is 6.92 Å². The van der Waals surface area contributed by atoms with E-state index in [9.17, 15) is 9.59 Å². The molecule has 0 unspecified atom stereocenters. The van der Waals surface area contributed by atoms with Gasteiger partial charge in [0, 0.05) is 12.5 Å². The number of nitrogens with zero attached hydrogens (tertiary/aromatic N) is 3. The third-order valence-electron chi connectivity index (χ3n) is 3.96. The van der Waals surface area contributed by atoms with Crippen molar-refractivity contribution < 1.29 is 4.79 Å². The zero-order valence-corrected chi connectivity index (χ0v) is 15.4. The Bertz CT molecular complexity index is 778. The largest absolute Gasteiger partial charge is 0.355 e. The molecule has 1 amide bonds. The maximum absolute atomic E-state index is 12.4. The van der Waals surface area contributed by atoms with Crippen molar-refractivity contribution in [1.82, 2.24) is 20.2 Å². The molecule has 0 aliphatic carbocycles. The molecule has 1 aromatic carbocycles. The quantitative estimate of drug-likeness (QED) is 0.571. The Morgan fingerprint density at radius 2 is 2.00 bits per heavy atom. The maximum atomic E-state index is 12.4. The van der Waals surface area contributed by atoms with E-state index in [1.165, 1.54) is 12.5 Å². The smallest absolute Gasteiger partial charge is 0.294 e. The van der Waals surface area contributed by atoms with E-state index in [4.69, 9.17) is 5.84 Å². The lowest BCUT2D eigenvalue weighted by Crippen LogP contribution is -2.36. The minimum Gasteiger partial charge on any atom is -0.355 e. The van der Waals surface area contributed by atoms with Crippen molar-refractivity contribution in [3.05, 3.63) is 51.9 Å². The SMILES string of the molecule is CC[C@H](CNC(=O)[C@@H](C)Sc1nnc(C)c(=O)n1N)c1ccccc1. The van der Waals surface area contributed by atoms with Crippen LogP contribution in [0.25, 0.3) is 0 Å². The molecule has 134 valence electrons. The van der Waals surface area contributed by atoms with Gasteiger partial charge >= 0.3 is 0 Å². The second kappa shape index (κ2) is 8.66. The van der Waals surface area contributed by atoms with Crippen molar-refractivity contribution in [2.24, 2.45) is 0 Å². The normalized spacial score (nSPS) is 13.2. The Morgan fingerprint density at radius 3 is 2.64 bits per heavy atom. The summed E-state index contributed by atoms with van der Waals surface area (Å²) in [7, 11) is 0. The molecule has 0 fully saturated rings. The monoisotopic (exact) mass is 361 g/mol. The van der Waals surface area contributed by atoms with Crippen LogP contribution in [0.15, 0.2) is 40.3 Å². The lowest BCUT2D eigenvalue weighted by atomic mass is 9.96. The third kappa shape index (κ3) is 4.82. The zero-order chi connectivity index (χ0) is 18.4. The second-order valence-corrected chi connectivity index (χ2v) is 7.07. The van der Waals surface area contributed by atoms with Crippen LogP contribution in [0.1, 0.15) is 37.4 Å². The van der Waals surface area contributed by atoms with Crippen LogP contribution in [0.2, 0.25) is 0 Å². The number of carbonyl (C=O) groups is 1. The Hall–Kier alpha value is -2.35. The van der Waals surface area contributed by atoms with Crippen molar-refractivity contribution >= 4 is 17.7 Å². The van der Waals surface area contributed by atoms with E-state index in [-0.39, 0.29) is 22.7 Å². The molecule has 0 aliphatic rings. The Labute approximate surface area is 151 Å². The van der Waals surface area contributed by atoms with Crippen LogP contribution in [-0.2, 0) is 4.79 Å². The molecule has 2 rings (SSSR count). The first-order valence-corrected chi connectivity index (χ1v) is 9.02. The predicted molar refractivity (Wildman–Crippen MR) is 99.0 cm³/mol. The molecule has 25 heavy (non-hydrogen) atoms. The van der Waals surface area contributed by atoms with Crippen LogP contribution in [-0.4, -0.2) is 32.6 Å². The molecular weight excluding hydrogens is 338 g/mol. The van der Waals surface area contributed by atoms with E-state index in [0.29, 0.717) is 6.54 Å². The molecule has 1 aromatic heterocycles. The molecule has 0 spiro atoms. The van der Waals surface area contributed by atoms with Gasteiger partial charge in [-0.3, -0.25) is 9.59 Å². The number of nitrogens with one attached hydrogen (secondary N) is 1. The first kappa shape index (κ1) is 19.0. The first-order chi connectivity index (χ1) is 11.9. The summed E-state index contributed by atoms with van der Waals surface area (Å²) in [6.07, 6.45) is 0.928. The number of nitrogens with two attached hydrogens (primary N) is 1. The van der Waals surface area contributed by atoms with E-state index in [2.05, 4.69) is 34.6 Å². The topological polar surface area (TPSA) is 103 Å². The minimum absolute atomic E-state index is 0.130. The van der Waals surface area contributed by atoms with Crippen molar-refractivity contribution in [2.45, 2.75) is 43.5 Å². The number of rotatable bonds is 7. The lowest BCUT2D eigenvalue weighted by Gasteiger charge is -2.18. The molecule has 0 radical (unpaired) electrons. The average molecular weight is 361 g/mol. The van der Waals surface area contributed by atoms with Crippen molar-refractivity contribution in [1.29, 1.82) is 0 Å². The van der Waals surface area contributed by atoms with Gasteiger partial charge in [0.15, 0.2) is 0 Å². The third-order valence-corrected chi connectivity index (χ3v) is 5.01. The molecule has 7 nitrogen and oxygen atoms in total. The van der Waals surface area contributed by atoms with Gasteiger partial charge in [-0.1, -0.05) is 49.0 Å². The number of amides is 1. The predicted octanol–water partition coefficient (Wildman–Crippen LogP) is 1.45. The van der Waals surface area contributed by atoms with E-state index in [1.54, 1.807) is 6.92 Å². The van der Waals surface area contributed by atoms with Gasteiger partial charge < -0.3 is 11.2 Å². The molecule has 2 aromatic rings. The average Bonchev–Trinajstić information content (AvgIpc) is 2.63. The fourth-order valence-corrected chi connectivity index (χ4v) is 3.14. The lowest BCUT2D eigenvalue weighted by molar-refractivity contribution is -0.120. The highest BCUT2D eigenvalue weighted by Crippen LogP contribution is 2.20. The van der Waals surface area contributed by atoms with Crippen molar-refractivity contribution in [3.8, 4) is 0 Å². The highest BCUT2D eigenvalue weighted by molar-refractivity contribution is 8.00. The maximum Gasteiger partial charge on any atom is 0.294 e. The first-order valence-electron chi connectivity index (χ1n) is 8.14. The Balaban J connectivity index is 1.96. The summed E-state index contributed by atoms with van der Waals surface area (Å²) in [5, 5.41) is 10.4. The number of benzene rings is 1. The number of nitrogen functional groups attached to an aromatic ring is 1. The van der Waals surface area contributed by atoms with E-state index in [0.717, 1.165) is 22.9 Å². The molecule has 0 saturated carbocycles. The molecule has 1 heterocycles. The fourth-order valence-electron chi connectivity index (χ4n) is 2.35. The number of hydrogen-bond donors (Lipinski definition) is 2. The molecule has 0 bridgehead atoms. The van der Waals surface area contributed by atoms with Crippen LogP contribution >= 0.6 is 11.8 Å². The molecular formula is C17H23N5O2S. The summed E-state index contributed by atoms with van der Waals surface area (Å²) in [6.45, 7) is 5.93. The Morgan fingerprint density at radius 1 is 1.32 bits per heavy atom. The van der Waals surface area contributed by atoms with E-state index < -0.39 is 10.8 Å². The molecule has 0 aliphatic heterocycles. The van der Waals surface area contributed by atoms with Gasteiger partial charge in [-0.2, -0.15) is 4.68 Å². The second-order valence-electron chi connectivity index (χ2n) is 5.76. The number of aromatic nitrogens is 3. The molecule has 8 heteroatoms. The number of carbonyl (C=O) groups excluding carboxylic acids is 1.